The number of thiophene rings is 4. The molecule has 4 heteroatoms. The average molecular weight is 331 g/mol. The number of hydrogen-bond donors (Lipinski definition) is 0. The molecular weight excluding hydrogens is 320 g/mol. The number of fused-ring (bicyclic) bond motifs is 6. The lowest BCUT2D eigenvalue weighted by molar-refractivity contribution is 1.66. The molecule has 0 spiro atoms. The number of hydrogen-bond acceptors (Lipinski definition) is 4. The number of rotatable bonds is 0. The van der Waals surface area contributed by atoms with Gasteiger partial charge >= 0.3 is 0 Å². The minimum Gasteiger partial charge on any atom is -0.139 e. The highest BCUT2D eigenvalue weighted by Crippen LogP contribution is 2.45. The first-order valence-electron chi connectivity index (χ1n) is 6.44. The van der Waals surface area contributed by atoms with Crippen LogP contribution in [0.4, 0.5) is 0 Å². The minimum absolute atomic E-state index is 1.41. The lowest BCUT2D eigenvalue weighted by Gasteiger charge is -1.92. The number of benzene rings is 1. The molecule has 0 aliphatic carbocycles. The van der Waals surface area contributed by atoms with Crippen LogP contribution in [0.25, 0.3) is 39.0 Å². The largest absolute Gasteiger partial charge is 0.139 e. The summed E-state index contributed by atoms with van der Waals surface area (Å²) in [6.45, 7) is 4.40. The fourth-order valence-corrected chi connectivity index (χ4v) is 7.80. The standard InChI is InChI=1S/C16H10S4/c1-7-3-13-15(17-7)9-5-10-12(6-11(9)19-13)20-14-4-8(2)18-16(10)14/h3-6H,1-2H3. The van der Waals surface area contributed by atoms with E-state index in [0.717, 1.165) is 0 Å². The van der Waals surface area contributed by atoms with Gasteiger partial charge in [-0.15, -0.1) is 45.3 Å². The van der Waals surface area contributed by atoms with Crippen LogP contribution in [0, 0.1) is 13.8 Å². The van der Waals surface area contributed by atoms with Gasteiger partial charge in [0.2, 0.25) is 0 Å². The summed E-state index contributed by atoms with van der Waals surface area (Å²) in [5.41, 5.74) is 0. The van der Waals surface area contributed by atoms with Crippen molar-refractivity contribution in [3.05, 3.63) is 34.0 Å². The highest BCUT2D eigenvalue weighted by atomic mass is 32.1. The van der Waals surface area contributed by atoms with Crippen molar-refractivity contribution in [1.29, 1.82) is 0 Å². The van der Waals surface area contributed by atoms with Crippen LogP contribution in [-0.4, -0.2) is 0 Å². The maximum Gasteiger partial charge on any atom is 0.0532 e. The Kier molecular flexibility index (Phi) is 2.24. The molecular formula is C16H10S4. The first-order chi connectivity index (χ1) is 9.69. The van der Waals surface area contributed by atoms with E-state index in [-0.39, 0.29) is 0 Å². The monoisotopic (exact) mass is 330 g/mol. The smallest absolute Gasteiger partial charge is 0.0532 e. The SMILES string of the molecule is Cc1cc2sc3cc4sc5cc(C)sc5c4cc3c2s1. The Morgan fingerprint density at radius 2 is 1.05 bits per heavy atom. The van der Waals surface area contributed by atoms with Crippen LogP contribution in [0.5, 0.6) is 0 Å². The van der Waals surface area contributed by atoms with Crippen molar-refractivity contribution in [1.82, 2.24) is 0 Å². The molecule has 98 valence electrons. The van der Waals surface area contributed by atoms with E-state index in [1.165, 1.54) is 48.7 Å². The third-order valence-corrected chi connectivity index (χ3v) is 8.28. The molecule has 4 heterocycles. The van der Waals surface area contributed by atoms with E-state index in [4.69, 9.17) is 0 Å². The van der Waals surface area contributed by atoms with Gasteiger partial charge in [-0.3, -0.25) is 0 Å². The normalized spacial score (nSPS) is 12.5. The van der Waals surface area contributed by atoms with Gasteiger partial charge in [0, 0.05) is 39.3 Å². The summed E-state index contributed by atoms with van der Waals surface area (Å²) in [7, 11) is 0. The van der Waals surface area contributed by atoms with Crippen LogP contribution in [-0.2, 0) is 0 Å². The molecule has 4 aromatic heterocycles. The minimum atomic E-state index is 1.41. The number of aryl methyl sites for hydroxylation is 2. The second-order valence-corrected chi connectivity index (χ2v) is 9.83. The Hall–Kier alpha value is -0.940. The van der Waals surface area contributed by atoms with Gasteiger partial charge in [-0.25, -0.2) is 0 Å². The summed E-state index contributed by atoms with van der Waals surface area (Å²) in [6, 6.07) is 9.46. The molecule has 0 aliphatic rings. The van der Waals surface area contributed by atoms with Crippen molar-refractivity contribution in [3.8, 4) is 0 Å². The Bertz CT molecular complexity index is 1030. The summed E-state index contributed by atoms with van der Waals surface area (Å²) < 4.78 is 8.69. The van der Waals surface area contributed by atoms with Gasteiger partial charge in [-0.05, 0) is 38.1 Å². The van der Waals surface area contributed by atoms with Gasteiger partial charge in [0.05, 0.1) is 9.40 Å². The first kappa shape index (κ1) is 11.7. The predicted molar refractivity (Wildman–Crippen MR) is 97.4 cm³/mol. The molecule has 0 saturated heterocycles. The Labute approximate surface area is 131 Å². The lowest BCUT2D eigenvalue weighted by Crippen LogP contribution is -1.64. The molecule has 0 nitrogen and oxygen atoms in total. The van der Waals surface area contributed by atoms with Crippen LogP contribution in [0.15, 0.2) is 24.3 Å². The molecule has 5 rings (SSSR count). The highest BCUT2D eigenvalue weighted by Gasteiger charge is 2.13. The van der Waals surface area contributed by atoms with Crippen LogP contribution < -0.4 is 0 Å². The molecule has 0 bridgehead atoms. The van der Waals surface area contributed by atoms with E-state index >= 15 is 0 Å². The predicted octanol–water partition coefficient (Wildman–Crippen LogP) is 7.16. The van der Waals surface area contributed by atoms with E-state index in [9.17, 15) is 0 Å². The molecule has 5 aromatic rings. The average Bonchev–Trinajstić information content (AvgIpc) is 3.06. The van der Waals surface area contributed by atoms with Gasteiger partial charge in [0.15, 0.2) is 0 Å². The van der Waals surface area contributed by atoms with Gasteiger partial charge in [-0.2, -0.15) is 0 Å². The third kappa shape index (κ3) is 1.45. The van der Waals surface area contributed by atoms with Gasteiger partial charge in [0.25, 0.3) is 0 Å². The van der Waals surface area contributed by atoms with E-state index in [1.54, 1.807) is 0 Å². The summed E-state index contributed by atoms with van der Waals surface area (Å²) in [6.07, 6.45) is 0. The molecule has 0 amide bonds. The van der Waals surface area contributed by atoms with Crippen LogP contribution >= 0.6 is 45.3 Å². The first-order valence-corrected chi connectivity index (χ1v) is 9.71. The molecule has 0 radical (unpaired) electrons. The third-order valence-electron chi connectivity index (χ3n) is 3.65. The fourth-order valence-electron chi connectivity index (χ4n) is 2.83. The van der Waals surface area contributed by atoms with Crippen molar-refractivity contribution in [2.45, 2.75) is 13.8 Å². The van der Waals surface area contributed by atoms with Crippen LogP contribution in [0.3, 0.4) is 0 Å². The quantitative estimate of drug-likeness (QED) is 0.282. The molecule has 0 unspecified atom stereocenters. The molecule has 0 N–H and O–H groups in total. The van der Waals surface area contributed by atoms with E-state index in [2.05, 4.69) is 38.1 Å². The van der Waals surface area contributed by atoms with Crippen LogP contribution in [0.1, 0.15) is 9.75 Å². The fraction of sp³-hybridized carbons (Fsp3) is 0.125. The second kappa shape index (κ2) is 3.83. The van der Waals surface area contributed by atoms with Gasteiger partial charge in [-0.1, -0.05) is 0 Å². The zero-order chi connectivity index (χ0) is 13.4. The van der Waals surface area contributed by atoms with Gasteiger partial charge in [0.1, 0.15) is 0 Å². The molecule has 20 heavy (non-hydrogen) atoms. The Morgan fingerprint density at radius 1 is 0.550 bits per heavy atom. The lowest BCUT2D eigenvalue weighted by atomic mass is 10.2. The second-order valence-electron chi connectivity index (χ2n) is 5.15. The van der Waals surface area contributed by atoms with Crippen LogP contribution in [0.2, 0.25) is 0 Å². The molecule has 0 atom stereocenters. The highest BCUT2D eigenvalue weighted by molar-refractivity contribution is 7.34. The maximum absolute atomic E-state index is 2.42. The van der Waals surface area contributed by atoms with Gasteiger partial charge < -0.3 is 0 Å². The van der Waals surface area contributed by atoms with Crippen molar-refractivity contribution < 1.29 is 0 Å². The molecule has 0 aliphatic heterocycles. The van der Waals surface area contributed by atoms with Crippen molar-refractivity contribution in [2.24, 2.45) is 0 Å². The zero-order valence-corrected chi connectivity index (χ0v) is 14.2. The van der Waals surface area contributed by atoms with E-state index in [1.807, 2.05) is 45.3 Å². The van der Waals surface area contributed by atoms with Crippen molar-refractivity contribution in [2.75, 3.05) is 0 Å². The summed E-state index contributed by atoms with van der Waals surface area (Å²) in [4.78, 5) is 2.83. The molecule has 0 fully saturated rings. The van der Waals surface area contributed by atoms with Crippen molar-refractivity contribution in [3.63, 3.8) is 0 Å². The summed E-state index contributed by atoms with van der Waals surface area (Å²) in [5.74, 6) is 0. The topological polar surface area (TPSA) is 0 Å². The summed E-state index contributed by atoms with van der Waals surface area (Å²) in [5, 5.41) is 2.89. The molecule has 0 saturated carbocycles. The van der Waals surface area contributed by atoms with E-state index in [0.29, 0.717) is 0 Å². The Morgan fingerprint density at radius 3 is 1.55 bits per heavy atom. The van der Waals surface area contributed by atoms with Crippen molar-refractivity contribution >= 4 is 84.3 Å². The maximum atomic E-state index is 2.42. The summed E-state index contributed by atoms with van der Waals surface area (Å²) >= 11 is 7.72. The van der Waals surface area contributed by atoms with E-state index < -0.39 is 0 Å². The zero-order valence-electron chi connectivity index (χ0n) is 10.9. The Balaban J connectivity index is 2.02. The molecule has 1 aromatic carbocycles.